The predicted molar refractivity (Wildman–Crippen MR) is 117 cm³/mol. The zero-order chi connectivity index (χ0) is 22.0. The number of rotatable bonds is 5. The third kappa shape index (κ3) is 4.50. The zero-order valence-electron chi connectivity index (χ0n) is 15.8. The molecule has 0 saturated heterocycles. The van der Waals surface area contributed by atoms with Crippen LogP contribution in [0.3, 0.4) is 0 Å². The monoisotopic (exact) mass is 457 g/mol. The van der Waals surface area contributed by atoms with Gasteiger partial charge in [0.15, 0.2) is 0 Å². The quantitative estimate of drug-likeness (QED) is 0.397. The first-order valence-electron chi connectivity index (χ1n) is 9.05. The van der Waals surface area contributed by atoms with Crippen LogP contribution in [0, 0.1) is 10.1 Å². The summed E-state index contributed by atoms with van der Waals surface area (Å²) in [6.45, 7) is 0. The number of nitro benzene ring substituents is 1. The van der Waals surface area contributed by atoms with Crippen LogP contribution in [0.2, 0.25) is 5.02 Å². The van der Waals surface area contributed by atoms with Gasteiger partial charge in [-0.05, 0) is 35.9 Å². The molecule has 0 fully saturated rings. The fourth-order valence-electron chi connectivity index (χ4n) is 3.11. The Balaban J connectivity index is 1.59. The van der Waals surface area contributed by atoms with Gasteiger partial charge in [-0.1, -0.05) is 41.9 Å². The number of anilines is 1. The summed E-state index contributed by atoms with van der Waals surface area (Å²) in [4.78, 5) is 16.9. The van der Waals surface area contributed by atoms with E-state index >= 15 is 0 Å². The second kappa shape index (κ2) is 8.34. The lowest BCUT2D eigenvalue weighted by molar-refractivity contribution is -0.384. The summed E-state index contributed by atoms with van der Waals surface area (Å²) in [5.41, 5.74) is 4.87. The van der Waals surface area contributed by atoms with Crippen LogP contribution in [0.5, 0.6) is 0 Å². The predicted octanol–water partition coefficient (Wildman–Crippen LogP) is 3.60. The number of nitro groups is 1. The fourth-order valence-corrected chi connectivity index (χ4v) is 4.13. The maximum Gasteiger partial charge on any atom is 0.269 e. The Kier molecular flexibility index (Phi) is 5.59. The Hall–Kier alpha value is -3.47. The Morgan fingerprint density at radius 2 is 1.74 bits per heavy atom. The number of sulfonamides is 1. The normalized spacial score (nSPS) is 15.4. The molecule has 11 heteroatoms. The molecule has 0 radical (unpaired) electrons. The maximum absolute atomic E-state index is 12.6. The lowest BCUT2D eigenvalue weighted by Crippen LogP contribution is -2.46. The molecule has 3 aromatic rings. The number of halogens is 1. The third-order valence-corrected chi connectivity index (χ3v) is 6.10. The topological polar surface area (TPSA) is 126 Å². The van der Waals surface area contributed by atoms with Crippen LogP contribution in [0.1, 0.15) is 17.2 Å². The van der Waals surface area contributed by atoms with Crippen molar-refractivity contribution >= 4 is 39.0 Å². The fraction of sp³-hybridized carbons (Fsp3) is 0.0500. The van der Waals surface area contributed by atoms with Crippen molar-refractivity contribution in [2.24, 2.45) is 4.99 Å². The maximum atomic E-state index is 12.6. The van der Waals surface area contributed by atoms with E-state index in [4.69, 9.17) is 11.6 Å². The summed E-state index contributed by atoms with van der Waals surface area (Å²) in [6.07, 6.45) is 0. The highest BCUT2D eigenvalue weighted by Gasteiger charge is 2.24. The van der Waals surface area contributed by atoms with E-state index in [2.05, 4.69) is 20.6 Å². The first-order chi connectivity index (χ1) is 14.8. The highest BCUT2D eigenvalue weighted by atomic mass is 35.5. The van der Waals surface area contributed by atoms with E-state index in [1.165, 1.54) is 0 Å². The Morgan fingerprint density at radius 3 is 2.42 bits per heavy atom. The average Bonchev–Trinajstić information content (AvgIpc) is 2.78. The molecule has 9 nitrogen and oxygen atoms in total. The molecule has 0 aliphatic carbocycles. The van der Waals surface area contributed by atoms with Gasteiger partial charge in [0.1, 0.15) is 6.04 Å². The van der Waals surface area contributed by atoms with E-state index in [1.54, 1.807) is 12.1 Å². The number of non-ortho nitro benzene ring substituents is 1. The van der Waals surface area contributed by atoms with Crippen molar-refractivity contribution in [2.45, 2.75) is 10.9 Å². The minimum atomic E-state index is -3.99. The van der Waals surface area contributed by atoms with Crippen molar-refractivity contribution in [3.63, 3.8) is 0 Å². The first kappa shape index (κ1) is 20.8. The van der Waals surface area contributed by atoms with E-state index in [-0.39, 0.29) is 16.5 Å². The lowest BCUT2D eigenvalue weighted by atomic mass is 9.96. The summed E-state index contributed by atoms with van der Waals surface area (Å²) in [5.74, 6) is 0.189. The van der Waals surface area contributed by atoms with Crippen LogP contribution in [0.25, 0.3) is 0 Å². The smallest absolute Gasteiger partial charge is 0.269 e. The Bertz CT molecular complexity index is 1260. The van der Waals surface area contributed by atoms with Gasteiger partial charge in [0, 0.05) is 28.4 Å². The van der Waals surface area contributed by atoms with Crippen molar-refractivity contribution in [2.75, 3.05) is 5.32 Å². The molecule has 0 amide bonds. The van der Waals surface area contributed by atoms with Crippen LogP contribution in [-0.2, 0) is 10.0 Å². The van der Waals surface area contributed by atoms with Gasteiger partial charge in [0.05, 0.1) is 9.82 Å². The SMILES string of the molecule is O=[N+]([O-])c1ccc(S(=O)(=O)NNC2=NC(c3ccccc3)c3cc(Cl)ccc3N2)cc1. The van der Waals surface area contributed by atoms with E-state index in [0.29, 0.717) is 5.02 Å². The van der Waals surface area contributed by atoms with E-state index < -0.39 is 21.0 Å². The van der Waals surface area contributed by atoms with Crippen LogP contribution in [0.4, 0.5) is 11.4 Å². The minimum absolute atomic E-state index is 0.131. The van der Waals surface area contributed by atoms with Crippen molar-refractivity contribution in [1.29, 1.82) is 0 Å². The second-order valence-electron chi connectivity index (χ2n) is 6.63. The largest absolute Gasteiger partial charge is 0.325 e. The Morgan fingerprint density at radius 1 is 1.03 bits per heavy atom. The molecule has 0 aromatic heterocycles. The molecule has 4 rings (SSSR count). The number of nitrogens with one attached hydrogen (secondary N) is 3. The number of fused-ring (bicyclic) bond motifs is 1. The molecule has 0 bridgehead atoms. The summed E-state index contributed by atoms with van der Waals surface area (Å²) in [6, 6.07) is 19.0. The number of hydrogen-bond acceptors (Lipinski definition) is 7. The molecule has 3 aromatic carbocycles. The van der Waals surface area contributed by atoms with Crippen molar-refractivity contribution in [3.05, 3.63) is 99.1 Å². The van der Waals surface area contributed by atoms with Crippen LogP contribution in [-0.4, -0.2) is 19.3 Å². The molecule has 1 heterocycles. The molecule has 1 aliphatic rings. The van der Waals surface area contributed by atoms with Crippen LogP contribution in [0.15, 0.2) is 82.7 Å². The van der Waals surface area contributed by atoms with E-state index in [9.17, 15) is 18.5 Å². The van der Waals surface area contributed by atoms with Gasteiger partial charge in [-0.15, -0.1) is 4.83 Å². The lowest BCUT2D eigenvalue weighted by Gasteiger charge is -2.26. The summed E-state index contributed by atoms with van der Waals surface area (Å²) < 4.78 is 25.1. The van der Waals surface area contributed by atoms with Gasteiger partial charge in [-0.2, -0.15) is 0 Å². The molecular weight excluding hydrogens is 442 g/mol. The number of benzene rings is 3. The molecule has 1 atom stereocenters. The third-order valence-electron chi connectivity index (χ3n) is 4.60. The summed E-state index contributed by atoms with van der Waals surface area (Å²) in [5, 5.41) is 14.4. The van der Waals surface area contributed by atoms with Crippen LogP contribution < -0.4 is 15.6 Å². The van der Waals surface area contributed by atoms with Gasteiger partial charge < -0.3 is 5.32 Å². The average molecular weight is 458 g/mol. The molecule has 1 unspecified atom stereocenters. The summed E-state index contributed by atoms with van der Waals surface area (Å²) in [7, 11) is -3.99. The standard InChI is InChI=1S/C20H16ClN5O4S/c21-14-6-11-18-17(12-14)19(13-4-2-1-3-5-13)23-20(22-18)24-25-31(29,30)16-9-7-15(8-10-16)26(27)28/h1-12,19,25H,(H2,22,23,24). The number of hydrogen-bond donors (Lipinski definition) is 3. The zero-order valence-corrected chi connectivity index (χ0v) is 17.4. The summed E-state index contributed by atoms with van der Waals surface area (Å²) >= 11 is 6.16. The van der Waals surface area contributed by atoms with Gasteiger partial charge in [0.2, 0.25) is 5.96 Å². The van der Waals surface area contributed by atoms with E-state index in [0.717, 1.165) is 41.1 Å². The molecule has 31 heavy (non-hydrogen) atoms. The second-order valence-corrected chi connectivity index (χ2v) is 8.75. The van der Waals surface area contributed by atoms with E-state index in [1.807, 2.05) is 36.4 Å². The highest BCUT2D eigenvalue weighted by Crippen LogP contribution is 2.36. The molecule has 0 spiro atoms. The Labute approximate surface area is 183 Å². The molecule has 0 saturated carbocycles. The van der Waals surface area contributed by atoms with Gasteiger partial charge in [0.25, 0.3) is 15.7 Å². The minimum Gasteiger partial charge on any atom is -0.325 e. The van der Waals surface area contributed by atoms with Crippen LogP contribution >= 0.6 is 11.6 Å². The highest BCUT2D eigenvalue weighted by molar-refractivity contribution is 7.89. The number of aliphatic imine (C=N–C) groups is 1. The number of guanidine groups is 1. The molecule has 158 valence electrons. The van der Waals surface area contributed by atoms with Crippen molar-refractivity contribution in [3.8, 4) is 0 Å². The van der Waals surface area contributed by atoms with Crippen molar-refractivity contribution in [1.82, 2.24) is 10.3 Å². The van der Waals surface area contributed by atoms with Gasteiger partial charge >= 0.3 is 0 Å². The molecule has 3 N–H and O–H groups in total. The van der Waals surface area contributed by atoms with Crippen molar-refractivity contribution < 1.29 is 13.3 Å². The van der Waals surface area contributed by atoms with Gasteiger partial charge in [-0.25, -0.2) is 13.4 Å². The number of hydrazine groups is 1. The molecule has 1 aliphatic heterocycles. The van der Waals surface area contributed by atoms with Gasteiger partial charge in [-0.3, -0.25) is 15.5 Å². The number of nitrogens with zero attached hydrogens (tertiary/aromatic N) is 2. The first-order valence-corrected chi connectivity index (χ1v) is 10.9. The molecular formula is C20H16ClN5O4S.